The molecule has 0 N–H and O–H groups in total. The second-order valence-electron chi connectivity index (χ2n) is 13.0. The van der Waals surface area contributed by atoms with Gasteiger partial charge in [-0.25, -0.2) is 14.8 Å². The van der Waals surface area contributed by atoms with Gasteiger partial charge in [0.1, 0.15) is 11.9 Å². The highest BCUT2D eigenvalue weighted by atomic mass is 16.5. The summed E-state index contributed by atoms with van der Waals surface area (Å²) in [6.07, 6.45) is 5.62. The van der Waals surface area contributed by atoms with E-state index in [1.165, 1.54) is 25.3 Å². The van der Waals surface area contributed by atoms with Crippen LogP contribution in [0.25, 0.3) is 22.5 Å². The minimum atomic E-state index is -1.56. The molecular formula is C35H33N5O5. The van der Waals surface area contributed by atoms with E-state index in [0.717, 1.165) is 53.6 Å². The normalized spacial score (nSPS) is 24.3. The highest BCUT2D eigenvalue weighted by molar-refractivity contribution is 6.22. The number of carbonyl (C=O) groups excluding carboxylic acids is 2. The number of esters is 1. The van der Waals surface area contributed by atoms with Crippen molar-refractivity contribution in [3.8, 4) is 34.4 Å². The van der Waals surface area contributed by atoms with Crippen LogP contribution in [0.1, 0.15) is 95.8 Å². The summed E-state index contributed by atoms with van der Waals surface area (Å²) in [6.45, 7) is 5.89. The Hall–Kier alpha value is -4.73. The number of benzene rings is 2. The van der Waals surface area contributed by atoms with E-state index in [1.807, 2.05) is 25.3 Å². The number of hydrogen-bond donors (Lipinski definition) is 0. The maximum atomic E-state index is 14.9. The van der Waals surface area contributed by atoms with E-state index in [-0.39, 0.29) is 29.5 Å². The lowest BCUT2D eigenvalue weighted by Crippen LogP contribution is -2.54. The van der Waals surface area contributed by atoms with E-state index in [2.05, 4.69) is 40.3 Å². The molecule has 228 valence electrons. The van der Waals surface area contributed by atoms with Crippen LogP contribution in [0.2, 0.25) is 0 Å². The van der Waals surface area contributed by atoms with E-state index in [4.69, 9.17) is 19.2 Å². The number of aromatic nitrogens is 4. The summed E-state index contributed by atoms with van der Waals surface area (Å²) in [4.78, 5) is 45.2. The highest BCUT2D eigenvalue weighted by Crippen LogP contribution is 2.62. The quantitative estimate of drug-likeness (QED) is 0.263. The number of anilines is 1. The SMILES string of the molecule is COc1ncc(-c2nc3c4n2C(C)C(C)OC(=O)C42c4ccc(C5CC5)cc4-c4c(C5CC5)ccc(C)c4N2C3=O)c(OC)n1. The summed E-state index contributed by atoms with van der Waals surface area (Å²) in [5.41, 5.74) is 6.73. The minimum Gasteiger partial charge on any atom is -0.480 e. The fourth-order valence-corrected chi connectivity index (χ4v) is 7.79. The van der Waals surface area contributed by atoms with E-state index in [0.29, 0.717) is 28.9 Å². The van der Waals surface area contributed by atoms with Gasteiger partial charge in [-0.05, 0) is 80.5 Å². The van der Waals surface area contributed by atoms with Crippen molar-refractivity contribution >= 4 is 17.6 Å². The standard InChI is InChI=1S/C35H33N5O5/c1-16-6-12-22(20-9-10-20)26-23-14-21(19-7-8-19)11-13-25(23)35-29-27(32(41)40(35)28(16)26)37-30(39(29)17(2)18(3)45-33(35)42)24-15-36-34(44-5)38-31(24)43-4/h6,11-15,17-20H,7-10H2,1-5H3. The Morgan fingerprint density at radius 1 is 0.956 bits per heavy atom. The van der Waals surface area contributed by atoms with Crippen molar-refractivity contribution in [2.75, 3.05) is 19.1 Å². The predicted molar refractivity (Wildman–Crippen MR) is 165 cm³/mol. The van der Waals surface area contributed by atoms with Crippen molar-refractivity contribution in [1.82, 2.24) is 19.5 Å². The van der Waals surface area contributed by atoms with Crippen LogP contribution in [0.15, 0.2) is 36.5 Å². The molecule has 2 aliphatic carbocycles. The number of nitrogens with zero attached hydrogens (tertiary/aromatic N) is 5. The van der Waals surface area contributed by atoms with E-state index in [1.54, 1.807) is 11.1 Å². The molecule has 0 radical (unpaired) electrons. The second kappa shape index (κ2) is 8.93. The summed E-state index contributed by atoms with van der Waals surface area (Å²) in [7, 11) is 3.00. The van der Waals surface area contributed by atoms with Gasteiger partial charge in [0.2, 0.25) is 11.4 Å². The third kappa shape index (κ3) is 3.32. The number of ether oxygens (including phenoxy) is 3. The number of aryl methyl sites for hydroxylation is 1. The second-order valence-corrected chi connectivity index (χ2v) is 13.0. The Morgan fingerprint density at radius 3 is 2.44 bits per heavy atom. The van der Waals surface area contributed by atoms with Gasteiger partial charge in [0.25, 0.3) is 5.91 Å². The molecule has 4 aromatic rings. The minimum absolute atomic E-state index is 0.149. The molecule has 45 heavy (non-hydrogen) atoms. The summed E-state index contributed by atoms with van der Waals surface area (Å²) in [5.74, 6) is 0.851. The Labute approximate surface area is 260 Å². The lowest BCUT2D eigenvalue weighted by Gasteiger charge is -2.43. The number of hydrogen-bond acceptors (Lipinski definition) is 8. The number of methoxy groups -OCH3 is 2. The summed E-state index contributed by atoms with van der Waals surface area (Å²) in [5, 5.41) is 0. The molecule has 10 nitrogen and oxygen atoms in total. The molecule has 0 saturated heterocycles. The molecule has 3 unspecified atom stereocenters. The van der Waals surface area contributed by atoms with Crippen LogP contribution in [0, 0.1) is 6.92 Å². The van der Waals surface area contributed by atoms with E-state index in [9.17, 15) is 9.59 Å². The van der Waals surface area contributed by atoms with Gasteiger partial charge in [-0.1, -0.05) is 30.3 Å². The molecule has 3 atom stereocenters. The van der Waals surface area contributed by atoms with E-state index >= 15 is 0 Å². The Balaban J connectivity index is 1.40. The maximum absolute atomic E-state index is 14.9. The van der Waals surface area contributed by atoms with Gasteiger partial charge >= 0.3 is 12.0 Å². The molecule has 10 heteroatoms. The van der Waals surface area contributed by atoms with Crippen molar-refractivity contribution in [1.29, 1.82) is 0 Å². The van der Waals surface area contributed by atoms with Gasteiger partial charge < -0.3 is 18.8 Å². The molecule has 0 bridgehead atoms. The van der Waals surface area contributed by atoms with E-state index < -0.39 is 17.6 Å². The average molecular weight is 604 g/mol. The van der Waals surface area contributed by atoms with Crippen molar-refractivity contribution in [2.45, 2.75) is 76.0 Å². The molecule has 2 fully saturated rings. The fraction of sp³-hybridized carbons (Fsp3) is 0.400. The molecule has 2 saturated carbocycles. The number of amides is 1. The average Bonchev–Trinajstić information content (AvgIpc) is 3.99. The monoisotopic (exact) mass is 603 g/mol. The first-order valence-corrected chi connectivity index (χ1v) is 15.7. The van der Waals surface area contributed by atoms with Crippen LogP contribution < -0.4 is 14.4 Å². The zero-order valence-electron chi connectivity index (χ0n) is 25.9. The van der Waals surface area contributed by atoms with Crippen molar-refractivity contribution in [3.63, 3.8) is 0 Å². The molecule has 5 aliphatic rings. The fourth-order valence-electron chi connectivity index (χ4n) is 7.79. The first-order valence-electron chi connectivity index (χ1n) is 15.7. The van der Waals surface area contributed by atoms with Crippen LogP contribution in [-0.4, -0.2) is 51.7 Å². The molecule has 1 amide bonds. The molecular weight excluding hydrogens is 570 g/mol. The van der Waals surface area contributed by atoms with Crippen LogP contribution in [0.3, 0.4) is 0 Å². The molecule has 9 rings (SSSR count). The van der Waals surface area contributed by atoms with Gasteiger partial charge in [-0.3, -0.25) is 9.69 Å². The van der Waals surface area contributed by atoms with Crippen LogP contribution in [0.4, 0.5) is 5.69 Å². The van der Waals surface area contributed by atoms with Crippen LogP contribution >= 0.6 is 0 Å². The van der Waals surface area contributed by atoms with Crippen molar-refractivity contribution < 1.29 is 23.8 Å². The Kier molecular flexibility index (Phi) is 5.29. The third-order valence-electron chi connectivity index (χ3n) is 10.4. The number of rotatable bonds is 5. The Morgan fingerprint density at radius 2 is 1.73 bits per heavy atom. The van der Waals surface area contributed by atoms with Crippen molar-refractivity contribution in [3.05, 3.63) is 70.2 Å². The molecule has 2 aromatic carbocycles. The molecule has 3 aliphatic heterocycles. The topological polar surface area (TPSA) is 109 Å². The largest absolute Gasteiger partial charge is 0.480 e. The molecule has 2 aromatic heterocycles. The summed E-state index contributed by atoms with van der Waals surface area (Å²) >= 11 is 0. The lowest BCUT2D eigenvalue weighted by molar-refractivity contribution is -0.153. The molecule has 5 heterocycles. The van der Waals surface area contributed by atoms with Gasteiger partial charge in [0, 0.05) is 17.3 Å². The first-order chi connectivity index (χ1) is 21.8. The van der Waals surface area contributed by atoms with Crippen LogP contribution in [0.5, 0.6) is 11.9 Å². The maximum Gasteiger partial charge on any atom is 0.343 e. The van der Waals surface area contributed by atoms with Crippen LogP contribution in [-0.2, 0) is 15.1 Å². The van der Waals surface area contributed by atoms with Crippen molar-refractivity contribution in [2.24, 2.45) is 0 Å². The predicted octanol–water partition coefficient (Wildman–Crippen LogP) is 5.81. The number of carbonyl (C=O) groups is 2. The molecule has 1 spiro atoms. The summed E-state index contributed by atoms with van der Waals surface area (Å²) < 4.78 is 19.2. The zero-order chi connectivity index (χ0) is 30.9. The van der Waals surface area contributed by atoms with Gasteiger partial charge in [0.05, 0.1) is 37.2 Å². The van der Waals surface area contributed by atoms with Gasteiger partial charge in [0.15, 0.2) is 5.69 Å². The zero-order valence-corrected chi connectivity index (χ0v) is 25.9. The van der Waals surface area contributed by atoms with Gasteiger partial charge in [-0.2, -0.15) is 4.98 Å². The highest BCUT2D eigenvalue weighted by Gasteiger charge is 2.66. The van der Waals surface area contributed by atoms with Gasteiger partial charge in [-0.15, -0.1) is 0 Å². The Bertz CT molecular complexity index is 1990. The summed E-state index contributed by atoms with van der Waals surface area (Å²) in [6, 6.07) is 10.6. The lowest BCUT2D eigenvalue weighted by atomic mass is 9.74. The third-order valence-corrected chi connectivity index (χ3v) is 10.4. The smallest absolute Gasteiger partial charge is 0.343 e. The number of cyclic esters (lactones) is 1. The first kappa shape index (κ1) is 26.7. The number of imidazole rings is 1. The number of fused-ring (bicyclic) bond motifs is 4.